The van der Waals surface area contributed by atoms with Crippen molar-refractivity contribution >= 4 is 17.3 Å². The van der Waals surface area contributed by atoms with E-state index in [2.05, 4.69) is 47.9 Å². The summed E-state index contributed by atoms with van der Waals surface area (Å²) in [4.78, 5) is 4.87. The van der Waals surface area contributed by atoms with Gasteiger partial charge in [0.15, 0.2) is 0 Å². The summed E-state index contributed by atoms with van der Waals surface area (Å²) >= 11 is 6.46. The Balaban J connectivity index is 0.000000396. The molecule has 4 nitrogen and oxygen atoms in total. The summed E-state index contributed by atoms with van der Waals surface area (Å²) in [5.74, 6) is 1.05. The van der Waals surface area contributed by atoms with Crippen molar-refractivity contribution in [2.45, 2.75) is 19.8 Å². The van der Waals surface area contributed by atoms with Crippen molar-refractivity contribution < 1.29 is 14.2 Å². The third kappa shape index (κ3) is 8.01. The van der Waals surface area contributed by atoms with Crippen LogP contribution in [0.25, 0.3) is 0 Å². The zero-order valence-corrected chi connectivity index (χ0v) is 20.7. The molecule has 1 unspecified atom stereocenters. The van der Waals surface area contributed by atoms with Gasteiger partial charge in [-0.1, -0.05) is 66.6 Å². The van der Waals surface area contributed by atoms with Crippen molar-refractivity contribution in [1.82, 2.24) is 4.90 Å². The van der Waals surface area contributed by atoms with Gasteiger partial charge in [-0.25, -0.2) is 4.39 Å². The number of ether oxygens (including phenoxy) is 1. The molecule has 1 aliphatic heterocycles. The van der Waals surface area contributed by atoms with E-state index in [1.807, 2.05) is 18.2 Å². The maximum Gasteiger partial charge on any atom is 0.123 e. The number of aliphatic hydroxyl groups is 1. The first kappa shape index (κ1) is 26.0. The number of hydrogen-bond donors (Lipinski definition) is 1. The molecule has 1 atom stereocenters. The van der Waals surface area contributed by atoms with Crippen LogP contribution >= 0.6 is 11.6 Å². The van der Waals surface area contributed by atoms with Crippen molar-refractivity contribution in [3.63, 3.8) is 0 Å². The monoisotopic (exact) mass is 484 g/mol. The molecule has 3 aromatic carbocycles. The summed E-state index contributed by atoms with van der Waals surface area (Å²) < 4.78 is 17.3. The van der Waals surface area contributed by atoms with Gasteiger partial charge in [0.05, 0.1) is 17.3 Å². The molecule has 0 radical (unpaired) electrons. The van der Waals surface area contributed by atoms with Crippen molar-refractivity contribution in [2.75, 3.05) is 50.8 Å². The number of aryl methyl sites for hydroxylation is 1. The Morgan fingerprint density at radius 1 is 0.971 bits per heavy atom. The van der Waals surface area contributed by atoms with Gasteiger partial charge in [-0.15, -0.1) is 0 Å². The first-order valence-corrected chi connectivity index (χ1v) is 12.1. The Morgan fingerprint density at radius 2 is 1.65 bits per heavy atom. The van der Waals surface area contributed by atoms with Crippen LogP contribution in [-0.4, -0.2) is 55.9 Å². The SMILES string of the molecule is Cc1ccc(C(C)CN2CCN(c3ccc(OCCO)cc3Cl)CC2)cc1.Fc1ccccc1. The van der Waals surface area contributed by atoms with Crippen LogP contribution in [0.1, 0.15) is 24.0 Å². The van der Waals surface area contributed by atoms with Crippen LogP contribution in [0.4, 0.5) is 10.1 Å². The molecule has 0 saturated carbocycles. The second-order valence-electron chi connectivity index (χ2n) is 8.58. The van der Waals surface area contributed by atoms with E-state index in [1.54, 1.807) is 18.2 Å². The number of hydrogen-bond acceptors (Lipinski definition) is 4. The maximum absolute atomic E-state index is 11.9. The number of anilines is 1. The first-order chi connectivity index (χ1) is 16.5. The number of halogens is 2. The van der Waals surface area contributed by atoms with E-state index in [0.29, 0.717) is 16.7 Å². The Kier molecular flexibility index (Phi) is 10.2. The predicted octanol–water partition coefficient (Wildman–Crippen LogP) is 5.77. The molecule has 182 valence electrons. The topological polar surface area (TPSA) is 35.9 Å². The van der Waals surface area contributed by atoms with Crippen LogP contribution in [-0.2, 0) is 0 Å². The molecule has 1 N–H and O–H groups in total. The zero-order valence-electron chi connectivity index (χ0n) is 20.0. The standard InChI is InChI=1S/C22H29ClN2O2.C6H5F/c1-17-3-5-19(6-4-17)18(2)16-24-9-11-25(12-10-24)22-8-7-20(15-21(22)23)27-14-13-26;7-6-4-2-1-3-5-6/h3-8,15,18,26H,9-14,16H2,1-2H3;1-5H. The lowest BCUT2D eigenvalue weighted by Gasteiger charge is -2.37. The van der Waals surface area contributed by atoms with E-state index >= 15 is 0 Å². The number of nitrogens with zero attached hydrogens (tertiary/aromatic N) is 2. The fraction of sp³-hybridized carbons (Fsp3) is 0.357. The van der Waals surface area contributed by atoms with E-state index in [0.717, 1.165) is 38.4 Å². The number of benzene rings is 3. The molecule has 4 rings (SSSR count). The third-order valence-electron chi connectivity index (χ3n) is 5.90. The van der Waals surface area contributed by atoms with E-state index in [1.165, 1.54) is 23.3 Å². The summed E-state index contributed by atoms with van der Waals surface area (Å²) in [5, 5.41) is 9.56. The van der Waals surface area contributed by atoms with Crippen LogP contribution in [0.15, 0.2) is 72.8 Å². The molecular weight excluding hydrogens is 451 g/mol. The Bertz CT molecular complexity index is 993. The van der Waals surface area contributed by atoms with Crippen LogP contribution in [0.2, 0.25) is 5.02 Å². The maximum atomic E-state index is 11.9. The molecule has 6 heteroatoms. The van der Waals surface area contributed by atoms with Gasteiger partial charge in [0.1, 0.15) is 18.2 Å². The largest absolute Gasteiger partial charge is 0.491 e. The highest BCUT2D eigenvalue weighted by Crippen LogP contribution is 2.31. The van der Waals surface area contributed by atoms with Gasteiger partial charge in [-0.3, -0.25) is 4.90 Å². The van der Waals surface area contributed by atoms with Crippen molar-refractivity contribution in [3.8, 4) is 5.75 Å². The average molecular weight is 485 g/mol. The van der Waals surface area contributed by atoms with Gasteiger partial charge in [-0.05, 0) is 42.7 Å². The van der Waals surface area contributed by atoms with Crippen LogP contribution < -0.4 is 9.64 Å². The highest BCUT2D eigenvalue weighted by Gasteiger charge is 2.21. The molecule has 1 fully saturated rings. The molecule has 0 spiro atoms. The molecule has 0 bridgehead atoms. The summed E-state index contributed by atoms with van der Waals surface area (Å²) in [5.41, 5.74) is 3.77. The van der Waals surface area contributed by atoms with Gasteiger partial charge in [0.2, 0.25) is 0 Å². The summed E-state index contributed by atoms with van der Waals surface area (Å²) in [6, 6.07) is 22.6. The Hall–Kier alpha value is -2.60. The molecule has 3 aromatic rings. The fourth-order valence-corrected chi connectivity index (χ4v) is 4.26. The molecule has 0 aromatic heterocycles. The Labute approximate surface area is 207 Å². The zero-order chi connectivity index (χ0) is 24.3. The number of rotatable bonds is 7. The predicted molar refractivity (Wildman–Crippen MR) is 139 cm³/mol. The quantitative estimate of drug-likeness (QED) is 0.461. The van der Waals surface area contributed by atoms with Gasteiger partial charge < -0.3 is 14.7 Å². The van der Waals surface area contributed by atoms with Gasteiger partial charge in [-0.2, -0.15) is 0 Å². The van der Waals surface area contributed by atoms with E-state index in [9.17, 15) is 4.39 Å². The van der Waals surface area contributed by atoms with Gasteiger partial charge in [0, 0.05) is 38.8 Å². The lowest BCUT2D eigenvalue weighted by molar-refractivity contribution is 0.201. The van der Waals surface area contributed by atoms with Crippen molar-refractivity contribution in [2.24, 2.45) is 0 Å². The van der Waals surface area contributed by atoms with Gasteiger partial charge in [0.25, 0.3) is 0 Å². The fourth-order valence-electron chi connectivity index (χ4n) is 3.97. The lowest BCUT2D eigenvalue weighted by Crippen LogP contribution is -2.47. The van der Waals surface area contributed by atoms with Crippen molar-refractivity contribution in [1.29, 1.82) is 0 Å². The normalized spacial score (nSPS) is 14.8. The second kappa shape index (κ2) is 13.3. The number of aliphatic hydroxyl groups excluding tert-OH is 1. The first-order valence-electron chi connectivity index (χ1n) is 11.7. The molecule has 1 aliphatic rings. The second-order valence-corrected chi connectivity index (χ2v) is 8.99. The minimum Gasteiger partial charge on any atom is -0.491 e. The highest BCUT2D eigenvalue weighted by molar-refractivity contribution is 6.33. The van der Waals surface area contributed by atoms with E-state index in [4.69, 9.17) is 21.4 Å². The number of piperazine rings is 1. The van der Waals surface area contributed by atoms with Crippen LogP contribution in [0.3, 0.4) is 0 Å². The third-order valence-corrected chi connectivity index (χ3v) is 6.21. The molecule has 0 amide bonds. The highest BCUT2D eigenvalue weighted by atomic mass is 35.5. The molecular formula is C28H34ClFN2O2. The average Bonchev–Trinajstić information content (AvgIpc) is 2.85. The summed E-state index contributed by atoms with van der Waals surface area (Å²) in [6.07, 6.45) is 0. The Morgan fingerprint density at radius 3 is 2.21 bits per heavy atom. The summed E-state index contributed by atoms with van der Waals surface area (Å²) in [7, 11) is 0. The van der Waals surface area contributed by atoms with Crippen LogP contribution in [0, 0.1) is 12.7 Å². The van der Waals surface area contributed by atoms with E-state index < -0.39 is 0 Å². The smallest absolute Gasteiger partial charge is 0.123 e. The molecule has 34 heavy (non-hydrogen) atoms. The van der Waals surface area contributed by atoms with E-state index in [-0.39, 0.29) is 19.0 Å². The van der Waals surface area contributed by atoms with Crippen LogP contribution in [0.5, 0.6) is 5.75 Å². The minimum atomic E-state index is -0.178. The molecule has 1 saturated heterocycles. The van der Waals surface area contributed by atoms with Crippen molar-refractivity contribution in [3.05, 3.63) is 94.8 Å². The minimum absolute atomic E-state index is 0.00232. The summed E-state index contributed by atoms with van der Waals surface area (Å²) in [6.45, 7) is 9.82. The molecule has 1 heterocycles. The molecule has 0 aliphatic carbocycles. The lowest BCUT2D eigenvalue weighted by atomic mass is 9.99. The van der Waals surface area contributed by atoms with Gasteiger partial charge >= 0.3 is 0 Å².